The number of aliphatic hydroxyl groups excluding tert-OH is 2. The average Bonchev–Trinajstić information content (AvgIpc) is 3.34. The van der Waals surface area contributed by atoms with Crippen LogP contribution in [0.25, 0.3) is 0 Å². The van der Waals surface area contributed by atoms with Gasteiger partial charge in [0.2, 0.25) is 0 Å². The first-order chi connectivity index (χ1) is 11.7. The molecule has 4 heteroatoms. The Morgan fingerprint density at radius 3 is 1.50 bits per heavy atom. The van der Waals surface area contributed by atoms with Crippen molar-refractivity contribution in [3.8, 4) is 0 Å². The minimum atomic E-state index is -0.647. The number of rotatable bonds is 0. The van der Waals surface area contributed by atoms with Crippen LogP contribution in [-0.4, -0.2) is 35.0 Å². The minimum Gasteiger partial charge on any atom is -0.367 e. The first-order valence-electron chi connectivity index (χ1n) is 10.4. The maximum atomic E-state index is 11.4. The van der Waals surface area contributed by atoms with Gasteiger partial charge in [-0.05, 0) is 84.9 Å². The normalized spacial score (nSPS) is 85.2. The molecule has 8 saturated carbocycles. The van der Waals surface area contributed by atoms with E-state index in [1.807, 2.05) is 0 Å². The van der Waals surface area contributed by atoms with Crippen molar-refractivity contribution in [1.82, 2.24) is 0 Å². The summed E-state index contributed by atoms with van der Waals surface area (Å²) in [5.74, 6) is 6.92. The molecule has 4 nitrogen and oxygen atoms in total. The molecule has 0 amide bonds. The van der Waals surface area contributed by atoms with E-state index in [0.29, 0.717) is 47.7 Å². The Morgan fingerprint density at radius 2 is 1.04 bits per heavy atom. The summed E-state index contributed by atoms with van der Waals surface area (Å²) < 4.78 is 12.7. The second kappa shape index (κ2) is 3.04. The Hall–Kier alpha value is -0.160. The van der Waals surface area contributed by atoms with Gasteiger partial charge in [0.15, 0.2) is 12.6 Å². The molecule has 0 aromatic carbocycles. The minimum absolute atomic E-state index is 0.157. The van der Waals surface area contributed by atoms with Crippen LogP contribution in [0.3, 0.4) is 0 Å². The van der Waals surface area contributed by atoms with Gasteiger partial charge in [0.05, 0.1) is 12.2 Å². The van der Waals surface area contributed by atoms with Gasteiger partial charge in [0.1, 0.15) is 0 Å². The maximum Gasteiger partial charge on any atom is 0.161 e. The highest BCUT2D eigenvalue weighted by atomic mass is 16.6. The molecule has 8 bridgehead atoms. The second-order valence-electron chi connectivity index (χ2n) is 10.8. The van der Waals surface area contributed by atoms with Crippen molar-refractivity contribution in [2.75, 3.05) is 0 Å². The zero-order valence-electron chi connectivity index (χ0n) is 13.6. The number of aliphatic hydroxyl groups is 2. The Kier molecular flexibility index (Phi) is 1.56. The topological polar surface area (TPSA) is 58.9 Å². The van der Waals surface area contributed by atoms with Crippen molar-refractivity contribution >= 4 is 0 Å². The van der Waals surface area contributed by atoms with Crippen LogP contribution in [0.15, 0.2) is 0 Å². The van der Waals surface area contributed by atoms with Crippen molar-refractivity contribution < 1.29 is 19.7 Å². The van der Waals surface area contributed by atoms with E-state index in [1.54, 1.807) is 0 Å². The van der Waals surface area contributed by atoms with E-state index in [4.69, 9.17) is 9.47 Å². The molecule has 10 rings (SSSR count). The molecule has 16 unspecified atom stereocenters. The smallest absolute Gasteiger partial charge is 0.161 e. The van der Waals surface area contributed by atoms with Crippen molar-refractivity contribution in [3.05, 3.63) is 0 Å². The van der Waals surface area contributed by atoms with Crippen LogP contribution in [0, 0.1) is 70.0 Å². The molecule has 16 atom stereocenters. The maximum absolute atomic E-state index is 11.4. The zero-order valence-corrected chi connectivity index (χ0v) is 13.6. The molecule has 2 saturated heterocycles. The van der Waals surface area contributed by atoms with E-state index in [2.05, 4.69) is 0 Å². The van der Waals surface area contributed by atoms with E-state index < -0.39 is 12.6 Å². The van der Waals surface area contributed by atoms with Gasteiger partial charge in [0, 0.05) is 10.8 Å². The molecule has 8 aliphatic carbocycles. The first-order valence-corrected chi connectivity index (χ1v) is 10.4. The molecule has 10 fully saturated rings. The van der Waals surface area contributed by atoms with Crippen LogP contribution in [0.5, 0.6) is 0 Å². The van der Waals surface area contributed by atoms with Crippen molar-refractivity contribution in [2.24, 2.45) is 70.0 Å². The van der Waals surface area contributed by atoms with Crippen LogP contribution in [0.2, 0.25) is 0 Å². The number of hydrogen-bond acceptors (Lipinski definition) is 4. The second-order valence-corrected chi connectivity index (χ2v) is 10.8. The third-order valence-corrected chi connectivity index (χ3v) is 11.7. The summed E-state index contributed by atoms with van der Waals surface area (Å²) in [5.41, 5.74) is -0.314. The van der Waals surface area contributed by atoms with Crippen LogP contribution in [-0.2, 0) is 9.47 Å². The summed E-state index contributed by atoms with van der Waals surface area (Å²) in [5, 5.41) is 22.8. The molecule has 0 radical (unpaired) electrons. The average molecular weight is 328 g/mol. The molecule has 24 heavy (non-hydrogen) atoms. The lowest BCUT2D eigenvalue weighted by Gasteiger charge is -2.68. The third-order valence-electron chi connectivity index (χ3n) is 11.7. The highest BCUT2D eigenvalue weighted by molar-refractivity contribution is 5.45. The van der Waals surface area contributed by atoms with E-state index in [9.17, 15) is 10.2 Å². The Balaban J connectivity index is 1.42. The standard InChI is InChI=1S/C20H24O4/c21-17-19-13-5-1-3-7-9(5)15-11(13)12-14(20(15,19)18(22)23-7)6-2-4-8(24-17)10(6)16(12)19/h5-18,21-22H,1-4H2. The van der Waals surface area contributed by atoms with Crippen molar-refractivity contribution in [3.63, 3.8) is 0 Å². The van der Waals surface area contributed by atoms with Crippen LogP contribution in [0.1, 0.15) is 25.7 Å². The number of hydrogen-bond donors (Lipinski definition) is 2. The summed E-state index contributed by atoms with van der Waals surface area (Å²) in [7, 11) is 0. The highest BCUT2D eigenvalue weighted by Crippen LogP contribution is 3.00. The molecular formula is C20H24O4. The predicted molar refractivity (Wildman–Crippen MR) is 80.0 cm³/mol. The Bertz CT molecular complexity index is 648. The lowest BCUT2D eigenvalue weighted by atomic mass is 9.41. The van der Waals surface area contributed by atoms with Gasteiger partial charge in [0.25, 0.3) is 0 Å². The van der Waals surface area contributed by atoms with Crippen molar-refractivity contribution in [2.45, 2.75) is 50.5 Å². The van der Waals surface area contributed by atoms with Crippen molar-refractivity contribution in [1.29, 1.82) is 0 Å². The van der Waals surface area contributed by atoms with Crippen LogP contribution >= 0.6 is 0 Å². The SMILES string of the molecule is OC1OC2CCC3C2C2C4C5C6C7CCC8OC(O)C(C34)(C5C87)C162. The molecule has 2 spiro atoms. The van der Waals surface area contributed by atoms with Gasteiger partial charge in [-0.25, -0.2) is 0 Å². The van der Waals surface area contributed by atoms with E-state index in [1.165, 1.54) is 12.8 Å². The molecule has 2 N–H and O–H groups in total. The monoisotopic (exact) mass is 328 g/mol. The summed E-state index contributed by atoms with van der Waals surface area (Å²) in [4.78, 5) is 0. The van der Waals surface area contributed by atoms with Crippen LogP contribution in [0.4, 0.5) is 0 Å². The summed E-state index contributed by atoms with van der Waals surface area (Å²) in [6.07, 6.45) is 4.08. The molecule has 0 aromatic heterocycles. The summed E-state index contributed by atoms with van der Waals surface area (Å²) >= 11 is 0. The van der Waals surface area contributed by atoms with Gasteiger partial charge >= 0.3 is 0 Å². The first kappa shape index (κ1) is 12.3. The van der Waals surface area contributed by atoms with E-state index >= 15 is 0 Å². The molecule has 128 valence electrons. The molecule has 2 heterocycles. The van der Waals surface area contributed by atoms with Gasteiger partial charge in [-0.15, -0.1) is 0 Å². The predicted octanol–water partition coefficient (Wildman–Crippen LogP) is 1.21. The zero-order chi connectivity index (χ0) is 15.3. The fraction of sp³-hybridized carbons (Fsp3) is 1.00. The third kappa shape index (κ3) is 0.719. The summed E-state index contributed by atoms with van der Waals surface area (Å²) in [6, 6.07) is 0. The number of ether oxygens (including phenoxy) is 2. The van der Waals surface area contributed by atoms with Gasteiger partial charge < -0.3 is 19.7 Å². The van der Waals surface area contributed by atoms with Crippen LogP contribution < -0.4 is 0 Å². The largest absolute Gasteiger partial charge is 0.367 e. The highest BCUT2D eigenvalue weighted by Gasteiger charge is 3.01. The quantitative estimate of drug-likeness (QED) is 0.702. The molecule has 10 aliphatic rings. The molecule has 2 aliphatic heterocycles. The van der Waals surface area contributed by atoms with E-state index in [-0.39, 0.29) is 10.8 Å². The summed E-state index contributed by atoms with van der Waals surface area (Å²) in [6.45, 7) is 0. The Labute approximate surface area is 140 Å². The fourth-order valence-corrected chi connectivity index (χ4v) is 12.5. The lowest BCUT2D eigenvalue weighted by Crippen LogP contribution is -2.73. The Morgan fingerprint density at radius 1 is 0.583 bits per heavy atom. The van der Waals surface area contributed by atoms with Gasteiger partial charge in [-0.2, -0.15) is 0 Å². The fourth-order valence-electron chi connectivity index (χ4n) is 12.5. The molecular weight excluding hydrogens is 304 g/mol. The van der Waals surface area contributed by atoms with E-state index in [0.717, 1.165) is 36.5 Å². The molecule has 0 aromatic rings. The van der Waals surface area contributed by atoms with Gasteiger partial charge in [-0.3, -0.25) is 0 Å². The lowest BCUT2D eigenvalue weighted by molar-refractivity contribution is -0.393. The van der Waals surface area contributed by atoms with Gasteiger partial charge in [-0.1, -0.05) is 0 Å².